The van der Waals surface area contributed by atoms with E-state index in [0.29, 0.717) is 16.8 Å². The lowest BCUT2D eigenvalue weighted by Crippen LogP contribution is -2.52. The molecule has 5 nitrogen and oxygen atoms in total. The number of likely N-dealkylation sites (N-methyl/N-ethyl adjacent to an activating group) is 1. The number of carbonyl (C=O) groups is 2. The van der Waals surface area contributed by atoms with Gasteiger partial charge in [0, 0.05) is 18.2 Å². The van der Waals surface area contributed by atoms with Crippen LogP contribution in [0.3, 0.4) is 0 Å². The van der Waals surface area contributed by atoms with Crippen molar-refractivity contribution < 1.29 is 19.4 Å². The molecule has 0 bridgehead atoms. The molecule has 0 saturated carbocycles. The van der Waals surface area contributed by atoms with Crippen LogP contribution in [0, 0.1) is 0 Å². The predicted molar refractivity (Wildman–Crippen MR) is 110 cm³/mol. The first-order valence-corrected chi connectivity index (χ1v) is 9.38. The lowest BCUT2D eigenvalue weighted by Gasteiger charge is -2.30. The summed E-state index contributed by atoms with van der Waals surface area (Å²) in [5, 5.41) is 11.6. The van der Waals surface area contributed by atoms with Crippen LogP contribution in [0.2, 0.25) is 0 Å². The van der Waals surface area contributed by atoms with E-state index in [9.17, 15) is 14.7 Å². The Morgan fingerprint density at radius 3 is 2.24 bits per heavy atom. The maximum Gasteiger partial charge on any atom is 0.266 e. The van der Waals surface area contributed by atoms with Crippen molar-refractivity contribution in [1.82, 2.24) is 0 Å². The molecule has 29 heavy (non-hydrogen) atoms. The topological polar surface area (TPSA) is 66.8 Å². The van der Waals surface area contributed by atoms with Crippen LogP contribution in [0.4, 0.5) is 5.69 Å². The summed E-state index contributed by atoms with van der Waals surface area (Å²) in [4.78, 5) is 27.8. The number of para-hydroxylation sites is 1. The van der Waals surface area contributed by atoms with Crippen LogP contribution in [-0.2, 0) is 21.7 Å². The number of fused-ring (bicyclic) bond motifs is 1. The second-order valence-electron chi connectivity index (χ2n) is 7.05. The number of amides is 1. The number of aliphatic hydroxyl groups is 1. The normalized spacial score (nSPS) is 19.1. The zero-order valence-corrected chi connectivity index (χ0v) is 16.0. The van der Waals surface area contributed by atoms with Gasteiger partial charge in [0.15, 0.2) is 11.9 Å². The van der Waals surface area contributed by atoms with Crippen molar-refractivity contribution in [2.45, 2.75) is 18.3 Å². The standard InChI is InChI=1S/C24H21NO4/c1-25-20-15-9-8-14-19(20)24(28,23(25)27)22(21(26)18-12-6-3-7-13-18)29-16-17-10-4-2-5-11-17/h2-15,22,28H,16H2,1H3/t22-,24+/m1/s1. The molecule has 4 rings (SSSR count). The van der Waals surface area contributed by atoms with E-state index in [1.165, 1.54) is 4.90 Å². The van der Waals surface area contributed by atoms with Gasteiger partial charge in [-0.1, -0.05) is 78.9 Å². The summed E-state index contributed by atoms with van der Waals surface area (Å²) in [6.07, 6.45) is -1.39. The van der Waals surface area contributed by atoms with Gasteiger partial charge in [0.1, 0.15) is 0 Å². The van der Waals surface area contributed by atoms with Gasteiger partial charge in [-0.05, 0) is 11.6 Å². The van der Waals surface area contributed by atoms with Gasteiger partial charge in [0.2, 0.25) is 5.60 Å². The number of nitrogens with zero attached hydrogens (tertiary/aromatic N) is 1. The second-order valence-corrected chi connectivity index (χ2v) is 7.05. The fraction of sp³-hybridized carbons (Fsp3) is 0.167. The predicted octanol–water partition coefficient (Wildman–Crippen LogP) is 3.32. The molecule has 1 aliphatic heterocycles. The van der Waals surface area contributed by atoms with E-state index in [0.717, 1.165) is 5.56 Å². The van der Waals surface area contributed by atoms with E-state index in [1.54, 1.807) is 61.6 Å². The molecule has 2 atom stereocenters. The zero-order valence-electron chi connectivity index (χ0n) is 16.0. The summed E-state index contributed by atoms with van der Waals surface area (Å²) < 4.78 is 5.96. The second kappa shape index (κ2) is 7.62. The van der Waals surface area contributed by atoms with Crippen molar-refractivity contribution in [2.24, 2.45) is 0 Å². The van der Waals surface area contributed by atoms with Gasteiger partial charge >= 0.3 is 0 Å². The minimum absolute atomic E-state index is 0.0888. The summed E-state index contributed by atoms with van der Waals surface area (Å²) >= 11 is 0. The maximum absolute atomic E-state index is 13.4. The molecule has 0 aromatic heterocycles. The number of anilines is 1. The molecule has 0 fully saturated rings. The molecule has 0 aliphatic carbocycles. The molecule has 0 unspecified atom stereocenters. The van der Waals surface area contributed by atoms with Crippen molar-refractivity contribution in [3.05, 3.63) is 102 Å². The van der Waals surface area contributed by atoms with Gasteiger partial charge in [-0.3, -0.25) is 9.59 Å². The molecule has 0 spiro atoms. The first-order chi connectivity index (χ1) is 14.0. The molecular weight excluding hydrogens is 366 g/mol. The summed E-state index contributed by atoms with van der Waals surface area (Å²) in [7, 11) is 1.58. The number of ketones is 1. The first-order valence-electron chi connectivity index (χ1n) is 9.38. The van der Waals surface area contributed by atoms with Crippen molar-refractivity contribution >= 4 is 17.4 Å². The van der Waals surface area contributed by atoms with Crippen LogP contribution >= 0.6 is 0 Å². The summed E-state index contributed by atoms with van der Waals surface area (Å²) in [5.41, 5.74) is 0.0458. The molecule has 1 aliphatic rings. The largest absolute Gasteiger partial charge is 0.373 e. The first kappa shape index (κ1) is 19.1. The van der Waals surface area contributed by atoms with Gasteiger partial charge in [-0.15, -0.1) is 0 Å². The Bertz CT molecular complexity index is 1040. The Kier molecular flexibility index (Phi) is 5.01. The summed E-state index contributed by atoms with van der Waals surface area (Å²) in [6, 6.07) is 24.9. The van der Waals surface area contributed by atoms with Crippen LogP contribution < -0.4 is 4.90 Å². The lowest BCUT2D eigenvalue weighted by atomic mass is 9.85. The number of hydrogen-bond acceptors (Lipinski definition) is 4. The third-order valence-corrected chi connectivity index (χ3v) is 5.24. The van der Waals surface area contributed by atoms with E-state index in [4.69, 9.17) is 4.74 Å². The Balaban J connectivity index is 1.77. The highest BCUT2D eigenvalue weighted by atomic mass is 16.5. The monoisotopic (exact) mass is 387 g/mol. The summed E-state index contributed by atoms with van der Waals surface area (Å²) in [5.74, 6) is -1.02. The number of ether oxygens (including phenoxy) is 1. The molecule has 1 N–H and O–H groups in total. The molecule has 0 radical (unpaired) electrons. The van der Waals surface area contributed by atoms with Crippen molar-refractivity contribution in [2.75, 3.05) is 11.9 Å². The minimum Gasteiger partial charge on any atom is -0.373 e. The average Bonchev–Trinajstić information content (AvgIpc) is 2.97. The van der Waals surface area contributed by atoms with Gasteiger partial charge in [-0.2, -0.15) is 0 Å². The Morgan fingerprint density at radius 1 is 0.966 bits per heavy atom. The fourth-order valence-corrected chi connectivity index (χ4v) is 3.72. The SMILES string of the molecule is CN1C(=O)[C@@](O)([C@H](OCc2ccccc2)C(=O)c2ccccc2)c2ccccc21. The van der Waals surface area contributed by atoms with Gasteiger partial charge < -0.3 is 14.7 Å². The zero-order chi connectivity index (χ0) is 20.4. The van der Waals surface area contributed by atoms with Crippen LogP contribution in [0.1, 0.15) is 21.5 Å². The fourth-order valence-electron chi connectivity index (χ4n) is 3.72. The van der Waals surface area contributed by atoms with Crippen LogP contribution in [0.25, 0.3) is 0 Å². The van der Waals surface area contributed by atoms with Crippen molar-refractivity contribution in [1.29, 1.82) is 0 Å². The molecular formula is C24H21NO4. The molecule has 3 aromatic rings. The van der Waals surface area contributed by atoms with Crippen LogP contribution in [0.15, 0.2) is 84.9 Å². The summed E-state index contributed by atoms with van der Waals surface area (Å²) in [6.45, 7) is 0.0888. The highest BCUT2D eigenvalue weighted by molar-refractivity contribution is 6.12. The molecule has 1 heterocycles. The van der Waals surface area contributed by atoms with Crippen LogP contribution in [-0.4, -0.2) is 29.9 Å². The molecule has 1 amide bonds. The lowest BCUT2D eigenvalue weighted by molar-refractivity contribution is -0.151. The van der Waals surface area contributed by atoms with E-state index in [-0.39, 0.29) is 6.61 Å². The van der Waals surface area contributed by atoms with Crippen molar-refractivity contribution in [3.8, 4) is 0 Å². The minimum atomic E-state index is -2.10. The molecule has 5 heteroatoms. The quantitative estimate of drug-likeness (QED) is 0.659. The number of rotatable bonds is 6. The number of Topliss-reactive ketones (excluding diaryl/α,β-unsaturated/α-hetero) is 1. The third kappa shape index (κ3) is 3.24. The van der Waals surface area contributed by atoms with Gasteiger partial charge in [0.25, 0.3) is 5.91 Å². The Morgan fingerprint density at radius 2 is 1.55 bits per heavy atom. The van der Waals surface area contributed by atoms with E-state index < -0.39 is 23.4 Å². The molecule has 3 aromatic carbocycles. The molecule has 0 saturated heterocycles. The van der Waals surface area contributed by atoms with E-state index >= 15 is 0 Å². The number of benzene rings is 3. The Hall–Kier alpha value is -3.28. The number of hydrogen-bond donors (Lipinski definition) is 1. The van der Waals surface area contributed by atoms with E-state index in [2.05, 4.69) is 0 Å². The van der Waals surface area contributed by atoms with Gasteiger partial charge in [0.05, 0.1) is 12.3 Å². The highest BCUT2D eigenvalue weighted by Crippen LogP contribution is 2.43. The smallest absolute Gasteiger partial charge is 0.266 e. The molecule has 146 valence electrons. The maximum atomic E-state index is 13.4. The number of carbonyl (C=O) groups excluding carboxylic acids is 2. The van der Waals surface area contributed by atoms with Crippen molar-refractivity contribution in [3.63, 3.8) is 0 Å². The van der Waals surface area contributed by atoms with Crippen LogP contribution in [0.5, 0.6) is 0 Å². The average molecular weight is 387 g/mol. The third-order valence-electron chi connectivity index (χ3n) is 5.24. The van der Waals surface area contributed by atoms with Gasteiger partial charge in [-0.25, -0.2) is 0 Å². The Labute approximate surface area is 169 Å². The van der Waals surface area contributed by atoms with E-state index in [1.807, 2.05) is 30.3 Å². The highest BCUT2D eigenvalue weighted by Gasteiger charge is 2.57.